The minimum absolute atomic E-state index is 0.0362. The van der Waals surface area contributed by atoms with Crippen molar-refractivity contribution in [2.75, 3.05) is 53.4 Å². The Bertz CT molecular complexity index is 1540. The molecule has 0 bridgehead atoms. The molecule has 1 aliphatic heterocycles. The zero-order valence-corrected chi connectivity index (χ0v) is 21.5. The molecule has 0 saturated carbocycles. The zero-order valence-electron chi connectivity index (χ0n) is 20.6. The second kappa shape index (κ2) is 9.88. The molecule has 1 aliphatic rings. The van der Waals surface area contributed by atoms with Crippen LogP contribution in [0.4, 0.5) is 5.82 Å². The summed E-state index contributed by atoms with van der Waals surface area (Å²) >= 11 is 0. The summed E-state index contributed by atoms with van der Waals surface area (Å²) in [5.41, 5.74) is 9.62. The molecule has 194 valence electrons. The second-order valence-corrected chi connectivity index (χ2v) is 10.3. The summed E-state index contributed by atoms with van der Waals surface area (Å²) in [7, 11) is 0.847. The Morgan fingerprint density at radius 3 is 2.22 bits per heavy atom. The van der Waals surface area contributed by atoms with Gasteiger partial charge in [-0.3, -0.25) is 0 Å². The van der Waals surface area contributed by atoms with Crippen molar-refractivity contribution in [2.45, 2.75) is 4.90 Å². The van der Waals surface area contributed by atoms with E-state index in [0.717, 1.165) is 16.5 Å². The molecule has 12 heteroatoms. The molecule has 1 aromatic carbocycles. The maximum Gasteiger partial charge on any atom is 0.246 e. The van der Waals surface area contributed by atoms with Crippen LogP contribution in [0.2, 0.25) is 0 Å². The lowest BCUT2D eigenvalue weighted by Crippen LogP contribution is -2.40. The molecule has 4 heterocycles. The van der Waals surface area contributed by atoms with Gasteiger partial charge in [-0.2, -0.15) is 4.31 Å². The molecule has 0 aliphatic carbocycles. The molecule has 3 N–H and O–H groups in total. The lowest BCUT2D eigenvalue weighted by atomic mass is 10.0. The van der Waals surface area contributed by atoms with Crippen molar-refractivity contribution in [1.82, 2.24) is 19.3 Å². The van der Waals surface area contributed by atoms with E-state index in [1.807, 2.05) is 24.4 Å². The highest BCUT2D eigenvalue weighted by atomic mass is 32.2. The number of fused-ring (bicyclic) bond motifs is 1. The van der Waals surface area contributed by atoms with Crippen molar-refractivity contribution < 1.29 is 27.4 Å². The maximum absolute atomic E-state index is 13.3. The number of pyridine rings is 2. The number of ether oxygens (including phenoxy) is 4. The Labute approximate surface area is 214 Å². The number of aromatic nitrogens is 3. The Morgan fingerprint density at radius 1 is 0.919 bits per heavy atom. The van der Waals surface area contributed by atoms with Crippen molar-refractivity contribution in [1.29, 1.82) is 0 Å². The van der Waals surface area contributed by atoms with Gasteiger partial charge in [0.25, 0.3) is 0 Å². The van der Waals surface area contributed by atoms with E-state index in [1.165, 1.54) is 4.31 Å². The third-order valence-electron chi connectivity index (χ3n) is 6.31. The molecule has 0 atom stereocenters. The van der Waals surface area contributed by atoms with Gasteiger partial charge in [0.05, 0.1) is 34.5 Å². The predicted octanol–water partition coefficient (Wildman–Crippen LogP) is 2.92. The van der Waals surface area contributed by atoms with Gasteiger partial charge in [-0.15, -0.1) is 0 Å². The molecule has 0 radical (unpaired) electrons. The van der Waals surface area contributed by atoms with Gasteiger partial charge in [-0.05, 0) is 29.8 Å². The third-order valence-corrected chi connectivity index (χ3v) is 8.24. The number of anilines is 1. The van der Waals surface area contributed by atoms with Crippen LogP contribution in [0.25, 0.3) is 33.3 Å². The number of nitrogens with zero attached hydrogens (tertiary/aromatic N) is 3. The number of hydrogen-bond acceptors (Lipinski definition) is 9. The number of benzene rings is 1. The van der Waals surface area contributed by atoms with E-state index >= 15 is 0 Å². The van der Waals surface area contributed by atoms with Gasteiger partial charge < -0.3 is 29.7 Å². The molecule has 0 amide bonds. The van der Waals surface area contributed by atoms with Crippen molar-refractivity contribution in [2.24, 2.45) is 0 Å². The van der Waals surface area contributed by atoms with Gasteiger partial charge in [0.2, 0.25) is 15.8 Å². The molecule has 1 fully saturated rings. The van der Waals surface area contributed by atoms with E-state index in [9.17, 15) is 8.42 Å². The van der Waals surface area contributed by atoms with E-state index in [1.54, 1.807) is 39.8 Å². The van der Waals surface area contributed by atoms with E-state index in [2.05, 4.69) is 15.0 Å². The number of morpholine rings is 1. The summed E-state index contributed by atoms with van der Waals surface area (Å²) in [5, 5.41) is 0.821. The number of rotatable bonds is 7. The summed E-state index contributed by atoms with van der Waals surface area (Å²) in [5.74, 6) is 1.49. The first kappa shape index (κ1) is 24.8. The van der Waals surface area contributed by atoms with Crippen molar-refractivity contribution >= 4 is 26.9 Å². The fourth-order valence-electron chi connectivity index (χ4n) is 4.38. The zero-order chi connectivity index (χ0) is 26.2. The van der Waals surface area contributed by atoms with Crippen molar-refractivity contribution in [3.63, 3.8) is 0 Å². The summed E-state index contributed by atoms with van der Waals surface area (Å²) in [6.45, 7) is 1.20. The molecule has 1 saturated heterocycles. The Hall–Kier alpha value is -3.87. The molecule has 4 aromatic rings. The van der Waals surface area contributed by atoms with Crippen molar-refractivity contribution in [3.8, 4) is 39.5 Å². The van der Waals surface area contributed by atoms with Gasteiger partial charge in [0.15, 0.2) is 11.5 Å². The van der Waals surface area contributed by atoms with Gasteiger partial charge in [-0.1, -0.05) is 0 Å². The first-order valence-corrected chi connectivity index (χ1v) is 12.9. The maximum atomic E-state index is 13.3. The van der Waals surface area contributed by atoms with Crippen LogP contribution in [0, 0.1) is 0 Å². The molecule has 37 heavy (non-hydrogen) atoms. The number of hydrogen-bond donors (Lipinski definition) is 2. The molecule has 3 aromatic heterocycles. The SMILES string of the molecule is COc1cc(-c2c[nH]c3ncc(-c4cnc(N)c(S(=O)(=O)N5CCOCC5)c4)cc23)cc(OC)c1OC. The standard InChI is InChI=1S/C25H27N5O6S/c1-33-20-9-15(10-21(34-2)23(20)35-3)19-14-29-25-18(19)8-16(13-28-25)17-11-22(24(26)27-12-17)37(31,32)30-4-6-36-7-5-30/h8-14H,4-7H2,1-3H3,(H2,26,27)(H,28,29). The highest BCUT2D eigenvalue weighted by Crippen LogP contribution is 2.43. The normalized spacial score (nSPS) is 14.6. The third kappa shape index (κ3) is 4.43. The van der Waals surface area contributed by atoms with E-state index in [0.29, 0.717) is 47.2 Å². The van der Waals surface area contributed by atoms with Crippen molar-refractivity contribution in [3.05, 3.63) is 42.9 Å². The fourth-order valence-corrected chi connectivity index (χ4v) is 5.88. The smallest absolute Gasteiger partial charge is 0.246 e. The van der Waals surface area contributed by atoms with Crippen LogP contribution in [0.15, 0.2) is 47.8 Å². The van der Waals surface area contributed by atoms with Crippen LogP contribution in [-0.2, 0) is 14.8 Å². The van der Waals surface area contributed by atoms with Crippen LogP contribution in [0.1, 0.15) is 0 Å². The summed E-state index contributed by atoms with van der Waals surface area (Å²) < 4.78 is 49.7. The summed E-state index contributed by atoms with van der Waals surface area (Å²) in [4.78, 5) is 11.9. The second-order valence-electron chi connectivity index (χ2n) is 8.36. The van der Waals surface area contributed by atoms with Gasteiger partial charge in [0, 0.05) is 53.8 Å². The largest absolute Gasteiger partial charge is 0.493 e. The number of methoxy groups -OCH3 is 3. The first-order valence-electron chi connectivity index (χ1n) is 11.5. The lowest BCUT2D eigenvalue weighted by Gasteiger charge is -2.26. The van der Waals surface area contributed by atoms with Crippen LogP contribution in [0.3, 0.4) is 0 Å². The highest BCUT2D eigenvalue weighted by molar-refractivity contribution is 7.89. The minimum Gasteiger partial charge on any atom is -0.493 e. The monoisotopic (exact) mass is 525 g/mol. The Kier molecular flexibility index (Phi) is 6.63. The van der Waals surface area contributed by atoms with Crippen LogP contribution >= 0.6 is 0 Å². The van der Waals surface area contributed by atoms with Crippen LogP contribution in [0.5, 0.6) is 17.2 Å². The Balaban J connectivity index is 1.59. The number of aromatic amines is 1. The van der Waals surface area contributed by atoms with E-state index < -0.39 is 10.0 Å². The molecule has 0 spiro atoms. The van der Waals surface area contributed by atoms with E-state index in [4.69, 9.17) is 24.7 Å². The number of nitrogens with one attached hydrogen (secondary N) is 1. The number of nitrogens with two attached hydrogens (primary N) is 1. The average Bonchev–Trinajstić information content (AvgIpc) is 3.36. The van der Waals surface area contributed by atoms with Crippen LogP contribution < -0.4 is 19.9 Å². The number of nitrogen functional groups attached to an aromatic ring is 1. The van der Waals surface area contributed by atoms with Gasteiger partial charge >= 0.3 is 0 Å². The molecular weight excluding hydrogens is 498 g/mol. The molecule has 5 rings (SSSR count). The molecular formula is C25H27N5O6S. The number of H-pyrrole nitrogens is 1. The van der Waals surface area contributed by atoms with Gasteiger partial charge in [-0.25, -0.2) is 18.4 Å². The fraction of sp³-hybridized carbons (Fsp3) is 0.280. The highest BCUT2D eigenvalue weighted by Gasteiger charge is 2.29. The predicted molar refractivity (Wildman–Crippen MR) is 138 cm³/mol. The lowest BCUT2D eigenvalue weighted by molar-refractivity contribution is 0.0730. The first-order chi connectivity index (χ1) is 17.9. The topological polar surface area (TPSA) is 142 Å². The summed E-state index contributed by atoms with van der Waals surface area (Å²) in [6.07, 6.45) is 5.05. The minimum atomic E-state index is -3.83. The van der Waals surface area contributed by atoms with Gasteiger partial charge in [0.1, 0.15) is 16.4 Å². The molecule has 11 nitrogen and oxygen atoms in total. The quantitative estimate of drug-likeness (QED) is 0.372. The van der Waals surface area contributed by atoms with E-state index in [-0.39, 0.29) is 23.8 Å². The average molecular weight is 526 g/mol. The summed E-state index contributed by atoms with van der Waals surface area (Å²) in [6, 6.07) is 7.18. The number of sulfonamides is 1. The van der Waals surface area contributed by atoms with Crippen LogP contribution in [-0.4, -0.2) is 75.3 Å². The Morgan fingerprint density at radius 2 is 1.57 bits per heavy atom. The molecule has 0 unspecified atom stereocenters.